The van der Waals surface area contributed by atoms with Gasteiger partial charge >= 0.3 is 0 Å². The fraction of sp³-hybridized carbons (Fsp3) is 0.929. The monoisotopic (exact) mass is 258 g/mol. The lowest BCUT2D eigenvalue weighted by atomic mass is 9.96. The molecule has 1 rings (SSSR count). The number of carbonyl (C=O) groups excluding carboxylic acids is 1. The van der Waals surface area contributed by atoms with Crippen molar-refractivity contribution in [1.82, 2.24) is 9.80 Å². The number of methoxy groups -OCH3 is 1. The Hall–Kier alpha value is -0.610. The van der Waals surface area contributed by atoms with Crippen molar-refractivity contribution in [2.24, 2.45) is 5.92 Å². The number of piperidine rings is 1. The van der Waals surface area contributed by atoms with E-state index >= 15 is 0 Å². The Labute approximate surface area is 112 Å². The molecule has 1 amide bonds. The maximum absolute atomic E-state index is 11.1. The molecule has 1 fully saturated rings. The van der Waals surface area contributed by atoms with Gasteiger partial charge in [-0.25, -0.2) is 0 Å². The first-order valence-corrected chi connectivity index (χ1v) is 7.06. The SMILES string of the molecule is CC.COCCN1CCC(CN(C)C(C)=O)CC1. The Morgan fingerprint density at radius 3 is 2.33 bits per heavy atom. The van der Waals surface area contributed by atoms with Gasteiger partial charge in [-0.2, -0.15) is 0 Å². The van der Waals surface area contributed by atoms with Gasteiger partial charge in [0.1, 0.15) is 0 Å². The molecule has 0 aromatic carbocycles. The Kier molecular flexibility index (Phi) is 9.98. The molecule has 0 atom stereocenters. The van der Waals surface area contributed by atoms with E-state index in [1.807, 2.05) is 25.8 Å². The van der Waals surface area contributed by atoms with Crippen LogP contribution in [0.5, 0.6) is 0 Å². The third-order valence-corrected chi connectivity index (χ3v) is 3.39. The normalized spacial score (nSPS) is 16.9. The lowest BCUT2D eigenvalue weighted by molar-refractivity contribution is -0.128. The van der Waals surface area contributed by atoms with E-state index in [-0.39, 0.29) is 5.91 Å². The molecule has 0 aromatic heterocycles. The minimum absolute atomic E-state index is 0.168. The van der Waals surface area contributed by atoms with Gasteiger partial charge in [-0.05, 0) is 31.8 Å². The molecule has 0 spiro atoms. The summed E-state index contributed by atoms with van der Waals surface area (Å²) in [5.74, 6) is 0.842. The molecule has 108 valence electrons. The van der Waals surface area contributed by atoms with Crippen LogP contribution in [0.25, 0.3) is 0 Å². The highest BCUT2D eigenvalue weighted by Crippen LogP contribution is 2.17. The van der Waals surface area contributed by atoms with Crippen LogP contribution in [0.3, 0.4) is 0 Å². The number of rotatable bonds is 5. The van der Waals surface area contributed by atoms with E-state index in [1.54, 1.807) is 14.0 Å². The first-order chi connectivity index (χ1) is 8.63. The van der Waals surface area contributed by atoms with E-state index in [1.165, 1.54) is 12.8 Å². The van der Waals surface area contributed by atoms with Crippen LogP contribution >= 0.6 is 0 Å². The molecule has 1 aliphatic rings. The van der Waals surface area contributed by atoms with Crippen LogP contribution in [0.2, 0.25) is 0 Å². The van der Waals surface area contributed by atoms with E-state index < -0.39 is 0 Å². The second kappa shape index (κ2) is 10.3. The topological polar surface area (TPSA) is 32.8 Å². The van der Waals surface area contributed by atoms with Gasteiger partial charge in [0.15, 0.2) is 0 Å². The summed E-state index contributed by atoms with van der Waals surface area (Å²) >= 11 is 0. The predicted molar refractivity (Wildman–Crippen MR) is 75.7 cm³/mol. The molecule has 1 heterocycles. The number of nitrogens with zero attached hydrogens (tertiary/aromatic N) is 2. The summed E-state index contributed by atoms with van der Waals surface area (Å²) in [6.45, 7) is 10.7. The average Bonchev–Trinajstić information content (AvgIpc) is 2.40. The highest BCUT2D eigenvalue weighted by Gasteiger charge is 2.20. The summed E-state index contributed by atoms with van der Waals surface area (Å²) in [6.07, 6.45) is 2.39. The van der Waals surface area contributed by atoms with Gasteiger partial charge < -0.3 is 14.5 Å². The van der Waals surface area contributed by atoms with Crippen LogP contribution in [-0.4, -0.2) is 62.7 Å². The van der Waals surface area contributed by atoms with E-state index in [2.05, 4.69) is 4.90 Å². The van der Waals surface area contributed by atoms with E-state index in [0.29, 0.717) is 5.92 Å². The number of amides is 1. The van der Waals surface area contributed by atoms with Crippen molar-refractivity contribution < 1.29 is 9.53 Å². The van der Waals surface area contributed by atoms with Crippen molar-refractivity contribution in [2.45, 2.75) is 33.6 Å². The number of likely N-dealkylation sites (tertiary alicyclic amines) is 1. The Bertz CT molecular complexity index is 214. The maximum Gasteiger partial charge on any atom is 0.219 e. The van der Waals surface area contributed by atoms with Gasteiger partial charge in [0.05, 0.1) is 6.61 Å². The second-order valence-electron chi connectivity index (χ2n) is 4.68. The van der Waals surface area contributed by atoms with Gasteiger partial charge in [-0.3, -0.25) is 4.79 Å². The molecule has 0 unspecified atom stereocenters. The second-order valence-corrected chi connectivity index (χ2v) is 4.68. The fourth-order valence-corrected chi connectivity index (χ4v) is 2.13. The zero-order valence-electron chi connectivity index (χ0n) is 12.7. The zero-order chi connectivity index (χ0) is 14.0. The molecule has 0 N–H and O–H groups in total. The van der Waals surface area contributed by atoms with Crippen LogP contribution in [-0.2, 0) is 9.53 Å². The highest BCUT2D eigenvalue weighted by molar-refractivity contribution is 5.72. The van der Waals surface area contributed by atoms with Crippen molar-refractivity contribution in [3.63, 3.8) is 0 Å². The number of hydrogen-bond donors (Lipinski definition) is 0. The largest absolute Gasteiger partial charge is 0.383 e. The molecule has 1 saturated heterocycles. The lowest BCUT2D eigenvalue weighted by Gasteiger charge is -2.33. The molecule has 0 aromatic rings. The molecular formula is C14H30N2O2. The van der Waals surface area contributed by atoms with Crippen molar-refractivity contribution in [3.05, 3.63) is 0 Å². The summed E-state index contributed by atoms with van der Waals surface area (Å²) in [5, 5.41) is 0. The van der Waals surface area contributed by atoms with Crippen molar-refractivity contribution >= 4 is 5.91 Å². The van der Waals surface area contributed by atoms with Crippen LogP contribution in [0.1, 0.15) is 33.6 Å². The minimum atomic E-state index is 0.168. The lowest BCUT2D eigenvalue weighted by Crippen LogP contribution is -2.40. The molecular weight excluding hydrogens is 228 g/mol. The molecule has 1 aliphatic heterocycles. The quantitative estimate of drug-likeness (QED) is 0.754. The van der Waals surface area contributed by atoms with Crippen molar-refractivity contribution in [1.29, 1.82) is 0 Å². The van der Waals surface area contributed by atoms with Gasteiger partial charge in [0, 0.05) is 34.2 Å². The highest BCUT2D eigenvalue weighted by atomic mass is 16.5. The van der Waals surface area contributed by atoms with Crippen LogP contribution in [0, 0.1) is 5.92 Å². The van der Waals surface area contributed by atoms with Crippen molar-refractivity contribution in [2.75, 3.05) is 46.9 Å². The molecule has 4 nitrogen and oxygen atoms in total. The standard InChI is InChI=1S/C12H24N2O2.C2H6/c1-11(15)13(2)10-12-4-6-14(7-5-12)8-9-16-3;1-2/h12H,4-10H2,1-3H3;1-2H3. The van der Waals surface area contributed by atoms with E-state index in [4.69, 9.17) is 4.74 Å². The third-order valence-electron chi connectivity index (χ3n) is 3.39. The summed E-state index contributed by atoms with van der Waals surface area (Å²) in [5.41, 5.74) is 0. The average molecular weight is 258 g/mol. The summed E-state index contributed by atoms with van der Waals surface area (Å²) in [7, 11) is 3.63. The predicted octanol–water partition coefficient (Wildman–Crippen LogP) is 1.85. The van der Waals surface area contributed by atoms with Gasteiger partial charge in [0.25, 0.3) is 0 Å². The molecule has 0 saturated carbocycles. The number of hydrogen-bond acceptors (Lipinski definition) is 3. The Morgan fingerprint density at radius 1 is 1.33 bits per heavy atom. The molecule has 0 aliphatic carbocycles. The summed E-state index contributed by atoms with van der Waals surface area (Å²) in [6, 6.07) is 0. The first-order valence-electron chi connectivity index (χ1n) is 7.06. The fourth-order valence-electron chi connectivity index (χ4n) is 2.13. The van der Waals surface area contributed by atoms with Crippen LogP contribution in [0.15, 0.2) is 0 Å². The van der Waals surface area contributed by atoms with Gasteiger partial charge in [0.2, 0.25) is 5.91 Å². The smallest absolute Gasteiger partial charge is 0.219 e. The van der Waals surface area contributed by atoms with Crippen molar-refractivity contribution in [3.8, 4) is 0 Å². The van der Waals surface area contributed by atoms with Crippen LogP contribution in [0.4, 0.5) is 0 Å². The summed E-state index contributed by atoms with van der Waals surface area (Å²) in [4.78, 5) is 15.4. The summed E-state index contributed by atoms with van der Waals surface area (Å²) < 4.78 is 5.07. The zero-order valence-corrected chi connectivity index (χ0v) is 12.7. The molecule has 18 heavy (non-hydrogen) atoms. The van der Waals surface area contributed by atoms with Gasteiger partial charge in [-0.1, -0.05) is 13.8 Å². The third kappa shape index (κ3) is 6.97. The Morgan fingerprint density at radius 2 is 1.89 bits per heavy atom. The number of ether oxygens (including phenoxy) is 1. The van der Waals surface area contributed by atoms with E-state index in [9.17, 15) is 4.79 Å². The maximum atomic E-state index is 11.1. The van der Waals surface area contributed by atoms with E-state index in [0.717, 1.165) is 32.8 Å². The molecule has 0 bridgehead atoms. The minimum Gasteiger partial charge on any atom is -0.383 e. The van der Waals surface area contributed by atoms with Crippen LogP contribution < -0.4 is 0 Å². The molecule has 4 heteroatoms. The molecule has 0 radical (unpaired) electrons. The number of carbonyl (C=O) groups is 1. The Balaban J connectivity index is 0.00000137. The first kappa shape index (κ1) is 17.4. The van der Waals surface area contributed by atoms with Gasteiger partial charge in [-0.15, -0.1) is 0 Å².